The van der Waals surface area contributed by atoms with Gasteiger partial charge < -0.3 is 15.4 Å². The van der Waals surface area contributed by atoms with E-state index in [1.807, 2.05) is 74.5 Å². The van der Waals surface area contributed by atoms with Crippen molar-refractivity contribution in [2.45, 2.75) is 42.2 Å². The first kappa shape index (κ1) is 18.1. The fraction of sp³-hybridized carbons (Fsp3) is 0.333. The van der Waals surface area contributed by atoms with Crippen molar-refractivity contribution in [2.24, 2.45) is 5.73 Å². The van der Waals surface area contributed by atoms with Crippen LogP contribution in [-0.4, -0.2) is 39.0 Å². The van der Waals surface area contributed by atoms with E-state index in [1.54, 1.807) is 16.7 Å². The maximum atomic E-state index is 13.2. The Labute approximate surface area is 162 Å². The number of nitrogens with two attached hydrogens (primary N) is 1. The van der Waals surface area contributed by atoms with E-state index >= 15 is 0 Å². The molecule has 3 atom stereocenters. The molecule has 1 amide bonds. The van der Waals surface area contributed by atoms with Gasteiger partial charge in [0.25, 0.3) is 0 Å². The fourth-order valence-electron chi connectivity index (χ4n) is 3.79. The molecule has 0 radical (unpaired) electrons. The SMILES string of the molecule is CC1(C)S[C@@H]2[C@@H](N)C(=O)N2[C@H]1C(=O)OC(c1ccccc1)c1ccccc1. The van der Waals surface area contributed by atoms with Crippen LogP contribution < -0.4 is 5.73 Å². The lowest BCUT2D eigenvalue weighted by Crippen LogP contribution is -2.68. The molecule has 0 aliphatic carbocycles. The van der Waals surface area contributed by atoms with Crippen molar-refractivity contribution >= 4 is 23.6 Å². The summed E-state index contributed by atoms with van der Waals surface area (Å²) in [7, 11) is 0. The number of ether oxygens (including phenoxy) is 1. The topological polar surface area (TPSA) is 72.6 Å². The molecule has 2 heterocycles. The van der Waals surface area contributed by atoms with Crippen LogP contribution in [0.1, 0.15) is 31.1 Å². The van der Waals surface area contributed by atoms with Gasteiger partial charge in [0.1, 0.15) is 17.5 Å². The van der Waals surface area contributed by atoms with Crippen molar-refractivity contribution in [3.63, 3.8) is 0 Å². The number of carbonyl (C=O) groups excluding carboxylic acids is 2. The van der Waals surface area contributed by atoms with Crippen LogP contribution in [0, 0.1) is 0 Å². The predicted molar refractivity (Wildman–Crippen MR) is 105 cm³/mol. The van der Waals surface area contributed by atoms with E-state index < -0.39 is 28.9 Å². The van der Waals surface area contributed by atoms with Crippen LogP contribution in [0.5, 0.6) is 0 Å². The number of esters is 1. The molecule has 5 nitrogen and oxygen atoms in total. The Hall–Kier alpha value is -2.31. The zero-order valence-corrected chi connectivity index (χ0v) is 16.1. The van der Waals surface area contributed by atoms with E-state index in [-0.39, 0.29) is 11.3 Å². The van der Waals surface area contributed by atoms with Crippen LogP contribution >= 0.6 is 11.8 Å². The number of benzene rings is 2. The molecule has 2 fully saturated rings. The number of hydrogen-bond donors (Lipinski definition) is 1. The minimum absolute atomic E-state index is 0.156. The molecule has 0 spiro atoms. The summed E-state index contributed by atoms with van der Waals surface area (Å²) in [6, 6.07) is 18.1. The van der Waals surface area contributed by atoms with E-state index in [4.69, 9.17) is 10.5 Å². The first-order valence-electron chi connectivity index (χ1n) is 8.96. The van der Waals surface area contributed by atoms with Gasteiger partial charge in [0.2, 0.25) is 5.91 Å². The zero-order valence-electron chi connectivity index (χ0n) is 15.2. The molecule has 4 rings (SSSR count). The van der Waals surface area contributed by atoms with E-state index in [9.17, 15) is 9.59 Å². The van der Waals surface area contributed by atoms with Crippen molar-refractivity contribution in [3.8, 4) is 0 Å². The maximum absolute atomic E-state index is 13.2. The molecule has 2 saturated heterocycles. The second-order valence-electron chi connectivity index (χ2n) is 7.42. The van der Waals surface area contributed by atoms with Gasteiger partial charge in [-0.2, -0.15) is 0 Å². The zero-order chi connectivity index (χ0) is 19.2. The third kappa shape index (κ3) is 3.03. The summed E-state index contributed by atoms with van der Waals surface area (Å²) in [5, 5.41) is -0.156. The van der Waals surface area contributed by atoms with Crippen LogP contribution in [0.25, 0.3) is 0 Å². The average molecular weight is 382 g/mol. The molecule has 0 saturated carbocycles. The Balaban J connectivity index is 1.64. The van der Waals surface area contributed by atoms with Crippen molar-refractivity contribution in [2.75, 3.05) is 0 Å². The number of β-lactam (4-membered cyclic amide) rings is 1. The molecule has 2 aliphatic rings. The highest BCUT2D eigenvalue weighted by molar-refractivity contribution is 8.01. The van der Waals surface area contributed by atoms with E-state index in [0.29, 0.717) is 0 Å². The summed E-state index contributed by atoms with van der Waals surface area (Å²) in [6.45, 7) is 3.92. The van der Waals surface area contributed by atoms with E-state index in [0.717, 1.165) is 11.1 Å². The number of fused-ring (bicyclic) bond motifs is 1. The van der Waals surface area contributed by atoms with Crippen LogP contribution in [0.2, 0.25) is 0 Å². The van der Waals surface area contributed by atoms with Crippen molar-refractivity contribution < 1.29 is 14.3 Å². The lowest BCUT2D eigenvalue weighted by atomic mass is 9.96. The first-order chi connectivity index (χ1) is 12.9. The summed E-state index contributed by atoms with van der Waals surface area (Å²) in [5.74, 6) is -0.580. The number of amides is 1. The highest BCUT2D eigenvalue weighted by Gasteiger charge is 2.63. The Kier molecular flexibility index (Phi) is 4.48. The molecule has 6 heteroatoms. The van der Waals surface area contributed by atoms with Gasteiger partial charge in [0.05, 0.1) is 0 Å². The Morgan fingerprint density at radius 3 is 2.11 bits per heavy atom. The molecule has 140 valence electrons. The molecular formula is C21H22N2O3S. The normalized spacial score (nSPS) is 25.9. The smallest absolute Gasteiger partial charge is 0.331 e. The lowest BCUT2D eigenvalue weighted by Gasteiger charge is -2.42. The highest BCUT2D eigenvalue weighted by Crippen LogP contribution is 2.50. The predicted octanol–water partition coefficient (Wildman–Crippen LogP) is 2.71. The molecule has 0 aromatic heterocycles. The summed E-state index contributed by atoms with van der Waals surface area (Å²) in [4.78, 5) is 27.0. The summed E-state index contributed by atoms with van der Waals surface area (Å²) < 4.78 is 5.54. The number of hydrogen-bond acceptors (Lipinski definition) is 5. The van der Waals surface area contributed by atoms with Gasteiger partial charge in [-0.3, -0.25) is 4.79 Å². The molecule has 0 bridgehead atoms. The van der Waals surface area contributed by atoms with Crippen LogP contribution in [0.4, 0.5) is 0 Å². The molecule has 2 aliphatic heterocycles. The second-order valence-corrected chi connectivity index (χ2v) is 9.19. The highest BCUT2D eigenvalue weighted by atomic mass is 32.2. The van der Waals surface area contributed by atoms with Crippen molar-refractivity contribution in [1.82, 2.24) is 4.90 Å². The molecule has 2 N–H and O–H groups in total. The monoisotopic (exact) mass is 382 g/mol. The van der Waals surface area contributed by atoms with Gasteiger partial charge in [-0.25, -0.2) is 4.79 Å². The number of nitrogens with zero attached hydrogens (tertiary/aromatic N) is 1. The van der Waals surface area contributed by atoms with Crippen molar-refractivity contribution in [3.05, 3.63) is 71.8 Å². The Morgan fingerprint density at radius 2 is 1.59 bits per heavy atom. The standard InChI is InChI=1S/C21H22N2O3S/c1-21(2)17(23-18(24)15(22)19(23)27-21)20(25)26-16(13-9-5-3-6-10-13)14-11-7-4-8-12-14/h3-12,15-17,19H,22H2,1-2H3/t15-,17-,19+/m0/s1. The van der Waals surface area contributed by atoms with Crippen LogP contribution in [-0.2, 0) is 14.3 Å². The summed E-state index contributed by atoms with van der Waals surface area (Å²) in [6.07, 6.45) is -0.523. The largest absolute Gasteiger partial charge is 0.451 e. The number of rotatable bonds is 4. The van der Waals surface area contributed by atoms with Crippen LogP contribution in [0.3, 0.4) is 0 Å². The summed E-state index contributed by atoms with van der Waals surface area (Å²) in [5.41, 5.74) is 7.69. The van der Waals surface area contributed by atoms with Crippen molar-refractivity contribution in [1.29, 1.82) is 0 Å². The third-order valence-corrected chi connectivity index (χ3v) is 6.74. The lowest BCUT2D eigenvalue weighted by molar-refractivity contribution is -0.165. The number of carbonyl (C=O) groups is 2. The van der Waals surface area contributed by atoms with E-state index in [2.05, 4.69) is 0 Å². The third-order valence-electron chi connectivity index (χ3n) is 5.14. The van der Waals surface area contributed by atoms with Gasteiger partial charge in [0.15, 0.2) is 6.10 Å². The minimum Gasteiger partial charge on any atom is -0.451 e. The van der Waals surface area contributed by atoms with Gasteiger partial charge in [-0.05, 0) is 25.0 Å². The molecule has 2 aromatic carbocycles. The van der Waals surface area contributed by atoms with E-state index in [1.165, 1.54) is 0 Å². The van der Waals surface area contributed by atoms with Crippen LogP contribution in [0.15, 0.2) is 60.7 Å². The Morgan fingerprint density at radius 1 is 1.07 bits per heavy atom. The molecular weight excluding hydrogens is 360 g/mol. The molecule has 2 aromatic rings. The second kappa shape index (κ2) is 6.69. The Bertz CT molecular complexity index is 817. The van der Waals surface area contributed by atoms with Gasteiger partial charge in [-0.15, -0.1) is 11.8 Å². The van der Waals surface area contributed by atoms with Gasteiger partial charge in [-0.1, -0.05) is 60.7 Å². The number of thioether (sulfide) groups is 1. The average Bonchev–Trinajstić information content (AvgIpc) is 2.95. The minimum atomic E-state index is -0.644. The summed E-state index contributed by atoms with van der Waals surface area (Å²) >= 11 is 1.56. The molecule has 27 heavy (non-hydrogen) atoms. The first-order valence-corrected chi connectivity index (χ1v) is 9.84. The maximum Gasteiger partial charge on any atom is 0.331 e. The fourth-order valence-corrected chi connectivity index (χ4v) is 5.35. The van der Waals surface area contributed by atoms with Gasteiger partial charge in [0, 0.05) is 4.75 Å². The van der Waals surface area contributed by atoms with Gasteiger partial charge >= 0.3 is 5.97 Å². The molecule has 0 unspecified atom stereocenters. The quantitative estimate of drug-likeness (QED) is 0.650.